The van der Waals surface area contributed by atoms with Crippen molar-refractivity contribution < 1.29 is 84.2 Å². The van der Waals surface area contributed by atoms with E-state index in [4.69, 9.17) is 4.74 Å². The Morgan fingerprint density at radius 2 is 1.11 bits per heavy atom. The highest BCUT2D eigenvalue weighted by atomic mass is 19.4. The van der Waals surface area contributed by atoms with Crippen molar-refractivity contribution >= 4 is 22.6 Å². The zero-order chi connectivity index (χ0) is 36.9. The number of alkyl halides is 17. The molecule has 0 atom stereocenters. The summed E-state index contributed by atoms with van der Waals surface area (Å²) in [7, 11) is 0. The number of fused-ring (bicyclic) bond motifs is 1. The fraction of sp³-hybridized carbons (Fsp3) is 0.519. The molecule has 0 aliphatic carbocycles. The van der Waals surface area contributed by atoms with Crippen LogP contribution in [0.4, 0.5) is 85.1 Å². The van der Waals surface area contributed by atoms with Gasteiger partial charge < -0.3 is 4.74 Å². The van der Waals surface area contributed by atoms with Crippen molar-refractivity contribution in [3.63, 3.8) is 0 Å². The number of benzene rings is 2. The molecular formula is C27H22F17NO2. The molecule has 0 saturated carbocycles. The molecular weight excluding hydrogens is 693 g/mol. The van der Waals surface area contributed by atoms with Gasteiger partial charge in [0.2, 0.25) is 0 Å². The Morgan fingerprint density at radius 3 is 1.57 bits per heavy atom. The van der Waals surface area contributed by atoms with E-state index in [2.05, 4.69) is 6.58 Å². The van der Waals surface area contributed by atoms with Crippen LogP contribution in [0.2, 0.25) is 0 Å². The first kappa shape index (κ1) is 39.7. The summed E-state index contributed by atoms with van der Waals surface area (Å²) in [4.78, 5) is 13.7. The number of carbonyl (C=O) groups excluding carboxylic acids is 1. The molecule has 20 heteroatoms. The Labute approximate surface area is 253 Å². The Balaban J connectivity index is 2.35. The molecule has 2 rings (SSSR count). The molecule has 47 heavy (non-hydrogen) atoms. The third kappa shape index (κ3) is 6.64. The summed E-state index contributed by atoms with van der Waals surface area (Å²) >= 11 is 0. The molecule has 266 valence electrons. The van der Waals surface area contributed by atoms with Gasteiger partial charge in [-0.2, -0.15) is 74.6 Å². The second-order valence-corrected chi connectivity index (χ2v) is 10.7. The van der Waals surface area contributed by atoms with Crippen LogP contribution in [-0.2, 0) is 4.74 Å². The molecule has 0 fully saturated rings. The van der Waals surface area contributed by atoms with Crippen molar-refractivity contribution in [2.75, 3.05) is 11.4 Å². The van der Waals surface area contributed by atoms with Gasteiger partial charge in [-0.1, -0.05) is 36.4 Å². The zero-order valence-corrected chi connectivity index (χ0v) is 23.6. The van der Waals surface area contributed by atoms with Crippen LogP contribution in [0.1, 0.15) is 26.7 Å². The standard InChI is InChI=1S/C27H22F17NO2/c1-4-13-45(17-10-9-15-7-5-6-8-16(15)14-17)18(46)47-19(2,3)11-12-20(28,29)21(30,31)22(32,33)23(34,35)24(36,37)25(38,39)26(40,41)27(42,43)44/h4-10,14H,1,11-13H2,2-3H3. The van der Waals surface area contributed by atoms with E-state index in [1.165, 1.54) is 12.1 Å². The Bertz CT molecular complexity index is 1450. The number of amides is 1. The minimum Gasteiger partial charge on any atom is -0.443 e. The van der Waals surface area contributed by atoms with Crippen LogP contribution in [0.3, 0.4) is 0 Å². The highest BCUT2D eigenvalue weighted by molar-refractivity contribution is 5.93. The topological polar surface area (TPSA) is 29.5 Å². The lowest BCUT2D eigenvalue weighted by Crippen LogP contribution is -2.74. The van der Waals surface area contributed by atoms with E-state index in [1.807, 2.05) is 0 Å². The minimum absolute atomic E-state index is 0.108. The van der Waals surface area contributed by atoms with Crippen LogP contribution in [-0.4, -0.2) is 65.9 Å². The van der Waals surface area contributed by atoms with E-state index in [9.17, 15) is 79.4 Å². The molecule has 1 amide bonds. The minimum atomic E-state index is -8.70. The first-order valence-corrected chi connectivity index (χ1v) is 12.7. The molecule has 0 spiro atoms. The summed E-state index contributed by atoms with van der Waals surface area (Å²) in [6.45, 7) is 4.53. The van der Waals surface area contributed by atoms with Crippen molar-refractivity contribution in [3.8, 4) is 0 Å². The van der Waals surface area contributed by atoms with Gasteiger partial charge in [-0.15, -0.1) is 6.58 Å². The molecule has 2 aromatic carbocycles. The van der Waals surface area contributed by atoms with Gasteiger partial charge in [-0.3, -0.25) is 4.90 Å². The molecule has 0 saturated heterocycles. The molecule has 2 aromatic rings. The van der Waals surface area contributed by atoms with Crippen LogP contribution >= 0.6 is 0 Å². The van der Waals surface area contributed by atoms with Gasteiger partial charge in [0.15, 0.2) is 0 Å². The van der Waals surface area contributed by atoms with Crippen LogP contribution in [0.25, 0.3) is 10.8 Å². The second-order valence-electron chi connectivity index (χ2n) is 10.7. The number of carbonyl (C=O) groups is 1. The molecule has 0 unspecified atom stereocenters. The van der Waals surface area contributed by atoms with Crippen molar-refractivity contribution in [1.29, 1.82) is 0 Å². The van der Waals surface area contributed by atoms with Gasteiger partial charge in [0.1, 0.15) is 5.60 Å². The highest BCUT2D eigenvalue weighted by Crippen LogP contribution is 2.64. The van der Waals surface area contributed by atoms with E-state index >= 15 is 0 Å². The van der Waals surface area contributed by atoms with E-state index in [-0.39, 0.29) is 12.2 Å². The van der Waals surface area contributed by atoms with Crippen molar-refractivity contribution in [3.05, 3.63) is 55.1 Å². The van der Waals surface area contributed by atoms with Gasteiger partial charge >= 0.3 is 53.7 Å². The monoisotopic (exact) mass is 715 g/mol. The number of ether oxygens (including phenoxy) is 1. The van der Waals surface area contributed by atoms with Gasteiger partial charge in [0.05, 0.1) is 0 Å². The van der Waals surface area contributed by atoms with E-state index < -0.39 is 72.2 Å². The number of hydrogen-bond donors (Lipinski definition) is 0. The summed E-state index contributed by atoms with van der Waals surface area (Å²) in [6, 6.07) is 11.0. The van der Waals surface area contributed by atoms with Crippen LogP contribution in [0.15, 0.2) is 55.1 Å². The normalized spacial score (nSPS) is 14.7. The molecule has 0 radical (unpaired) electrons. The zero-order valence-electron chi connectivity index (χ0n) is 23.6. The molecule has 3 nitrogen and oxygen atoms in total. The molecule has 0 heterocycles. The van der Waals surface area contributed by atoms with Gasteiger partial charge in [0.25, 0.3) is 0 Å². The number of rotatable bonds is 13. The maximum Gasteiger partial charge on any atom is 0.460 e. The molecule has 0 bridgehead atoms. The molecule has 0 aromatic heterocycles. The summed E-state index contributed by atoms with van der Waals surface area (Å²) in [5, 5.41) is 1.28. The lowest BCUT2D eigenvalue weighted by atomic mass is 9.87. The number of halogens is 17. The van der Waals surface area contributed by atoms with Gasteiger partial charge in [-0.05, 0) is 43.2 Å². The van der Waals surface area contributed by atoms with Crippen molar-refractivity contribution in [2.24, 2.45) is 0 Å². The van der Waals surface area contributed by atoms with Crippen molar-refractivity contribution in [2.45, 2.75) is 79.9 Å². The Morgan fingerprint density at radius 1 is 0.660 bits per heavy atom. The van der Waals surface area contributed by atoms with Crippen LogP contribution in [0, 0.1) is 0 Å². The molecule has 0 aliphatic rings. The number of hydrogen-bond acceptors (Lipinski definition) is 2. The molecule has 0 aliphatic heterocycles. The second kappa shape index (κ2) is 12.2. The quantitative estimate of drug-likeness (QED) is 0.153. The number of nitrogens with zero attached hydrogens (tertiary/aromatic N) is 1. The lowest BCUT2D eigenvalue weighted by Gasteiger charge is -2.43. The maximum atomic E-state index is 14.4. The summed E-state index contributed by atoms with van der Waals surface area (Å²) in [6.07, 6.45) is -12.4. The summed E-state index contributed by atoms with van der Waals surface area (Å²) < 4.78 is 235. The first-order chi connectivity index (χ1) is 20.9. The Hall–Kier alpha value is -3.48. The number of anilines is 1. The van der Waals surface area contributed by atoms with Crippen LogP contribution < -0.4 is 4.90 Å². The third-order valence-electron chi connectivity index (χ3n) is 6.77. The maximum absolute atomic E-state index is 14.4. The fourth-order valence-electron chi connectivity index (χ4n) is 3.91. The van der Waals surface area contributed by atoms with Gasteiger partial charge in [0, 0.05) is 18.7 Å². The largest absolute Gasteiger partial charge is 0.460 e. The smallest absolute Gasteiger partial charge is 0.443 e. The average molecular weight is 715 g/mol. The third-order valence-corrected chi connectivity index (χ3v) is 6.77. The first-order valence-electron chi connectivity index (χ1n) is 12.7. The fourth-order valence-corrected chi connectivity index (χ4v) is 3.91. The average Bonchev–Trinajstić information content (AvgIpc) is 2.93. The SMILES string of the molecule is C=CCN(C(=O)OC(C)(C)CCC(F)(F)C(F)(F)C(F)(F)C(F)(F)C(F)(F)C(F)(F)C(F)(F)C(F)(F)F)c1ccc2ccccc2c1. The predicted octanol–water partition coefficient (Wildman–Crippen LogP) is 10.5. The Kier molecular flexibility index (Phi) is 10.3. The highest BCUT2D eigenvalue weighted by Gasteiger charge is 2.95. The van der Waals surface area contributed by atoms with E-state index in [0.717, 1.165) is 24.8 Å². The van der Waals surface area contributed by atoms with Gasteiger partial charge in [-0.25, -0.2) is 4.79 Å². The molecule has 0 N–H and O–H groups in total. The van der Waals surface area contributed by atoms with E-state index in [0.29, 0.717) is 10.8 Å². The predicted molar refractivity (Wildman–Crippen MR) is 132 cm³/mol. The lowest BCUT2D eigenvalue weighted by molar-refractivity contribution is -0.462. The van der Waals surface area contributed by atoms with Crippen LogP contribution in [0.5, 0.6) is 0 Å². The van der Waals surface area contributed by atoms with Crippen molar-refractivity contribution in [1.82, 2.24) is 0 Å². The summed E-state index contributed by atoms with van der Waals surface area (Å²) in [5.74, 6) is -56.9. The summed E-state index contributed by atoms with van der Waals surface area (Å²) in [5.41, 5.74) is -2.27. The van der Waals surface area contributed by atoms with E-state index in [1.54, 1.807) is 30.3 Å².